The van der Waals surface area contributed by atoms with Crippen molar-refractivity contribution in [2.75, 3.05) is 6.61 Å². The molecule has 0 spiro atoms. The van der Waals surface area contributed by atoms with Gasteiger partial charge in [0.25, 0.3) is 0 Å². The molecule has 0 aromatic heterocycles. The molecule has 0 aliphatic heterocycles. The van der Waals surface area contributed by atoms with Gasteiger partial charge in [0.1, 0.15) is 0 Å². The van der Waals surface area contributed by atoms with Gasteiger partial charge >= 0.3 is 11.9 Å². The topological polar surface area (TPSA) is 52.6 Å². The zero-order valence-corrected chi connectivity index (χ0v) is 15.4. The van der Waals surface area contributed by atoms with Crippen molar-refractivity contribution in [2.45, 2.75) is 84.7 Å². The van der Waals surface area contributed by atoms with Crippen LogP contribution in [0.4, 0.5) is 0 Å². The van der Waals surface area contributed by atoms with Gasteiger partial charge in [-0.3, -0.25) is 0 Å². The quantitative estimate of drug-likeness (QED) is 0.214. The molecule has 0 bridgehead atoms. The maximum Gasteiger partial charge on any atom is 0.332 e. The molecule has 1 unspecified atom stereocenters. The van der Waals surface area contributed by atoms with Crippen LogP contribution in [0.15, 0.2) is 12.2 Å². The molecule has 4 heteroatoms. The minimum Gasteiger partial charge on any atom is -0.463 e. The van der Waals surface area contributed by atoms with E-state index in [4.69, 9.17) is 9.47 Å². The standard InChI is InChI=1S/C20H32O4/c1-4-7-8-9-10-11-12-13-17-23-19(21)15-16-20(22)24-18(6-3)14-5-2/h15-16,18H,4,6-13,17H2,1-3H3/b16-15+. The summed E-state index contributed by atoms with van der Waals surface area (Å²) in [6.07, 6.45) is 11.9. The molecule has 0 saturated carbocycles. The van der Waals surface area contributed by atoms with E-state index in [1.54, 1.807) is 6.92 Å². The monoisotopic (exact) mass is 336 g/mol. The van der Waals surface area contributed by atoms with Gasteiger partial charge in [-0.25, -0.2) is 9.59 Å². The number of ether oxygens (including phenoxy) is 2. The average molecular weight is 336 g/mol. The molecule has 0 rings (SSSR count). The lowest BCUT2D eigenvalue weighted by Gasteiger charge is -2.07. The number of unbranched alkanes of at least 4 members (excludes halogenated alkanes) is 7. The number of carbonyl (C=O) groups excluding carboxylic acids is 2. The van der Waals surface area contributed by atoms with E-state index in [1.165, 1.54) is 38.5 Å². The molecule has 0 heterocycles. The lowest BCUT2D eigenvalue weighted by Crippen LogP contribution is -2.14. The fourth-order valence-corrected chi connectivity index (χ4v) is 2.15. The minimum atomic E-state index is -0.575. The van der Waals surface area contributed by atoms with Crippen LogP contribution >= 0.6 is 0 Å². The number of rotatable bonds is 13. The first-order chi connectivity index (χ1) is 11.6. The highest BCUT2D eigenvalue weighted by Gasteiger charge is 2.07. The molecule has 0 amide bonds. The predicted molar refractivity (Wildman–Crippen MR) is 96.3 cm³/mol. The second-order valence-corrected chi connectivity index (χ2v) is 5.70. The van der Waals surface area contributed by atoms with Crippen LogP contribution < -0.4 is 0 Å². The third-order valence-electron chi connectivity index (χ3n) is 3.53. The highest BCUT2D eigenvalue weighted by molar-refractivity contribution is 5.91. The molecule has 24 heavy (non-hydrogen) atoms. The van der Waals surface area contributed by atoms with E-state index in [2.05, 4.69) is 18.8 Å². The summed E-state index contributed by atoms with van der Waals surface area (Å²) in [6.45, 7) is 6.18. The molecular formula is C20H32O4. The summed E-state index contributed by atoms with van der Waals surface area (Å²) in [7, 11) is 0. The minimum absolute atomic E-state index is 0.395. The molecule has 136 valence electrons. The summed E-state index contributed by atoms with van der Waals surface area (Å²) < 4.78 is 10.1. The molecule has 0 N–H and O–H groups in total. The zero-order chi connectivity index (χ0) is 18.0. The second-order valence-electron chi connectivity index (χ2n) is 5.70. The summed E-state index contributed by atoms with van der Waals surface area (Å²) in [6, 6.07) is 0. The third-order valence-corrected chi connectivity index (χ3v) is 3.53. The first kappa shape index (κ1) is 22.2. The lowest BCUT2D eigenvalue weighted by molar-refractivity contribution is -0.142. The van der Waals surface area contributed by atoms with Crippen molar-refractivity contribution < 1.29 is 19.1 Å². The Bertz CT molecular complexity index is 429. The van der Waals surface area contributed by atoms with Gasteiger partial charge in [0, 0.05) is 12.2 Å². The molecule has 0 aliphatic rings. The van der Waals surface area contributed by atoms with Crippen molar-refractivity contribution in [3.8, 4) is 11.8 Å². The van der Waals surface area contributed by atoms with Gasteiger partial charge in [0.15, 0.2) is 6.10 Å². The van der Waals surface area contributed by atoms with Crippen molar-refractivity contribution in [1.82, 2.24) is 0 Å². The molecule has 4 nitrogen and oxygen atoms in total. The van der Waals surface area contributed by atoms with Gasteiger partial charge in [-0.1, -0.05) is 64.7 Å². The Morgan fingerprint density at radius 3 is 2.08 bits per heavy atom. The van der Waals surface area contributed by atoms with E-state index in [0.717, 1.165) is 25.0 Å². The molecule has 0 aromatic rings. The molecule has 0 saturated heterocycles. The van der Waals surface area contributed by atoms with Crippen LogP contribution in [0.1, 0.15) is 78.6 Å². The van der Waals surface area contributed by atoms with Crippen molar-refractivity contribution in [2.24, 2.45) is 0 Å². The Hall–Kier alpha value is -1.76. The van der Waals surface area contributed by atoms with E-state index in [0.29, 0.717) is 13.0 Å². The smallest absolute Gasteiger partial charge is 0.332 e. The lowest BCUT2D eigenvalue weighted by atomic mass is 10.1. The van der Waals surface area contributed by atoms with Crippen LogP contribution in [0.3, 0.4) is 0 Å². The fourth-order valence-electron chi connectivity index (χ4n) is 2.15. The number of esters is 2. The zero-order valence-electron chi connectivity index (χ0n) is 15.4. The molecule has 1 atom stereocenters. The Morgan fingerprint density at radius 1 is 0.917 bits per heavy atom. The Morgan fingerprint density at radius 2 is 1.50 bits per heavy atom. The van der Waals surface area contributed by atoms with Crippen molar-refractivity contribution in [1.29, 1.82) is 0 Å². The molecule has 0 radical (unpaired) electrons. The van der Waals surface area contributed by atoms with Crippen LogP contribution in [0, 0.1) is 11.8 Å². The van der Waals surface area contributed by atoms with E-state index < -0.39 is 18.0 Å². The van der Waals surface area contributed by atoms with Crippen LogP contribution in [0.5, 0.6) is 0 Å². The summed E-state index contributed by atoms with van der Waals surface area (Å²) in [4.78, 5) is 23.0. The molecular weight excluding hydrogens is 304 g/mol. The number of hydrogen-bond acceptors (Lipinski definition) is 4. The highest BCUT2D eigenvalue weighted by Crippen LogP contribution is 2.08. The summed E-state index contributed by atoms with van der Waals surface area (Å²) in [5.74, 6) is 4.40. The van der Waals surface area contributed by atoms with Crippen LogP contribution in [0.25, 0.3) is 0 Å². The fraction of sp³-hybridized carbons (Fsp3) is 0.700. The van der Waals surface area contributed by atoms with Crippen LogP contribution in [-0.4, -0.2) is 24.6 Å². The maximum atomic E-state index is 11.5. The normalized spacial score (nSPS) is 11.6. The summed E-state index contributed by atoms with van der Waals surface area (Å²) in [5.41, 5.74) is 0. The molecule has 0 aromatic carbocycles. The van der Waals surface area contributed by atoms with Gasteiger partial charge in [-0.05, 0) is 19.8 Å². The summed E-state index contributed by atoms with van der Waals surface area (Å²) in [5, 5.41) is 0. The second kappa shape index (κ2) is 16.1. The predicted octanol–water partition coefficient (Wildman–Crippen LogP) is 4.57. The van der Waals surface area contributed by atoms with Gasteiger partial charge in [0.05, 0.1) is 6.61 Å². The van der Waals surface area contributed by atoms with Gasteiger partial charge in [0.2, 0.25) is 0 Å². The largest absolute Gasteiger partial charge is 0.463 e. The maximum absolute atomic E-state index is 11.5. The first-order valence-corrected chi connectivity index (χ1v) is 9.11. The summed E-state index contributed by atoms with van der Waals surface area (Å²) >= 11 is 0. The van der Waals surface area contributed by atoms with E-state index >= 15 is 0 Å². The van der Waals surface area contributed by atoms with Crippen molar-refractivity contribution >= 4 is 11.9 Å². The molecule has 0 fully saturated rings. The average Bonchev–Trinajstić information content (AvgIpc) is 2.58. The van der Waals surface area contributed by atoms with E-state index in [9.17, 15) is 9.59 Å². The van der Waals surface area contributed by atoms with Gasteiger partial charge in [-0.2, -0.15) is 0 Å². The Labute approximate surface area is 147 Å². The SMILES string of the molecule is CC#CC(CC)OC(=O)/C=C/C(=O)OCCCCCCCCCC. The van der Waals surface area contributed by atoms with E-state index in [-0.39, 0.29) is 0 Å². The van der Waals surface area contributed by atoms with E-state index in [1.807, 2.05) is 6.92 Å². The van der Waals surface area contributed by atoms with Crippen LogP contribution in [0.2, 0.25) is 0 Å². The Kier molecular flexibility index (Phi) is 14.9. The van der Waals surface area contributed by atoms with Crippen molar-refractivity contribution in [3.63, 3.8) is 0 Å². The first-order valence-electron chi connectivity index (χ1n) is 9.11. The Balaban J connectivity index is 3.70. The highest BCUT2D eigenvalue weighted by atomic mass is 16.5. The number of hydrogen-bond donors (Lipinski definition) is 0. The third kappa shape index (κ3) is 13.9. The van der Waals surface area contributed by atoms with Crippen molar-refractivity contribution in [3.05, 3.63) is 12.2 Å². The number of carbonyl (C=O) groups is 2. The van der Waals surface area contributed by atoms with Gasteiger partial charge < -0.3 is 9.47 Å². The van der Waals surface area contributed by atoms with Crippen LogP contribution in [-0.2, 0) is 19.1 Å². The molecule has 0 aliphatic carbocycles. The van der Waals surface area contributed by atoms with Gasteiger partial charge in [-0.15, -0.1) is 5.92 Å².